The minimum atomic E-state index is -0.416. The van der Waals surface area contributed by atoms with Gasteiger partial charge in [-0.3, -0.25) is 4.79 Å². The van der Waals surface area contributed by atoms with Crippen LogP contribution in [0.25, 0.3) is 0 Å². The molecule has 20 heavy (non-hydrogen) atoms. The maximum atomic E-state index is 11.8. The first-order valence-electron chi connectivity index (χ1n) is 5.69. The first-order valence-corrected chi connectivity index (χ1v) is 7.36. The number of carbonyl (C=O) groups excluding carboxylic acids is 2. The number of thiazole rings is 1. The molecule has 0 saturated heterocycles. The molecule has 1 aromatic carbocycles. The second-order valence-corrected chi connectivity index (χ2v) is 5.69. The molecule has 0 fully saturated rings. The Hall–Kier alpha value is -1.73. The topological polar surface area (TPSA) is 68.3 Å². The Morgan fingerprint density at radius 1 is 1.45 bits per heavy atom. The van der Waals surface area contributed by atoms with Gasteiger partial charge in [-0.1, -0.05) is 22.0 Å². The van der Waals surface area contributed by atoms with E-state index in [2.05, 4.69) is 26.2 Å². The molecule has 2 rings (SSSR count). The van der Waals surface area contributed by atoms with Crippen LogP contribution >= 0.6 is 27.3 Å². The van der Waals surface area contributed by atoms with Crippen LogP contribution in [0.4, 0.5) is 5.13 Å². The lowest BCUT2D eigenvalue weighted by Crippen LogP contribution is -2.07. The molecule has 0 spiro atoms. The number of nitrogens with one attached hydrogen (secondary N) is 1. The molecule has 2 aromatic rings. The first-order chi connectivity index (χ1) is 9.54. The Balaban J connectivity index is 1.93. The Bertz CT molecular complexity index is 642. The molecule has 7 heteroatoms. The molecule has 1 N–H and O–H groups in total. The van der Waals surface area contributed by atoms with Crippen LogP contribution in [0.2, 0.25) is 0 Å². The van der Waals surface area contributed by atoms with Gasteiger partial charge in [0, 0.05) is 16.8 Å². The van der Waals surface area contributed by atoms with E-state index in [4.69, 9.17) is 4.74 Å². The summed E-state index contributed by atoms with van der Waals surface area (Å²) in [6, 6.07) is 6.96. The van der Waals surface area contributed by atoms with Gasteiger partial charge >= 0.3 is 5.97 Å². The fraction of sp³-hybridized carbons (Fsp3) is 0.154. The number of anilines is 1. The van der Waals surface area contributed by atoms with Crippen LogP contribution in [0.5, 0.6) is 0 Å². The maximum Gasteiger partial charge on any atom is 0.338 e. The van der Waals surface area contributed by atoms with Crippen LogP contribution in [-0.2, 0) is 16.1 Å². The predicted octanol–water partition coefficient (Wildman–Crippen LogP) is 3.22. The fourth-order valence-electron chi connectivity index (χ4n) is 1.42. The van der Waals surface area contributed by atoms with Crippen molar-refractivity contribution in [1.82, 2.24) is 4.98 Å². The second kappa shape index (κ2) is 6.62. The number of aromatic nitrogens is 1. The van der Waals surface area contributed by atoms with Gasteiger partial charge in [0.2, 0.25) is 5.91 Å². The molecule has 0 saturated carbocycles. The van der Waals surface area contributed by atoms with Gasteiger partial charge in [0.05, 0.1) is 11.3 Å². The molecule has 5 nitrogen and oxygen atoms in total. The Morgan fingerprint density at radius 2 is 2.25 bits per heavy atom. The largest absolute Gasteiger partial charge is 0.456 e. The van der Waals surface area contributed by atoms with E-state index in [0.29, 0.717) is 16.4 Å². The fourth-order valence-corrected chi connectivity index (χ4v) is 2.56. The number of ether oxygens (including phenoxy) is 1. The van der Waals surface area contributed by atoms with Crippen LogP contribution in [0.15, 0.2) is 34.1 Å². The smallest absolute Gasteiger partial charge is 0.338 e. The molecule has 0 bridgehead atoms. The van der Waals surface area contributed by atoms with E-state index < -0.39 is 5.97 Å². The van der Waals surface area contributed by atoms with E-state index in [0.717, 1.165) is 4.47 Å². The average Bonchev–Trinajstić information content (AvgIpc) is 2.82. The number of carbonyl (C=O) groups is 2. The van der Waals surface area contributed by atoms with Crippen molar-refractivity contribution in [3.05, 3.63) is 45.4 Å². The number of benzene rings is 1. The van der Waals surface area contributed by atoms with Gasteiger partial charge in [0.1, 0.15) is 6.61 Å². The quantitative estimate of drug-likeness (QED) is 0.855. The van der Waals surface area contributed by atoms with E-state index in [-0.39, 0.29) is 12.5 Å². The van der Waals surface area contributed by atoms with Gasteiger partial charge in [-0.2, -0.15) is 0 Å². The lowest BCUT2D eigenvalue weighted by Gasteiger charge is -2.03. The summed E-state index contributed by atoms with van der Waals surface area (Å²) in [5.41, 5.74) is 1.07. The Labute approximate surface area is 128 Å². The zero-order valence-corrected chi connectivity index (χ0v) is 13.0. The standard InChI is InChI=1S/C13H11BrN2O3S/c1-8(17)15-13-16-11(7-20-13)6-19-12(18)9-3-2-4-10(14)5-9/h2-5,7H,6H2,1H3,(H,15,16,17). The number of hydrogen-bond acceptors (Lipinski definition) is 5. The average molecular weight is 355 g/mol. The van der Waals surface area contributed by atoms with Crippen LogP contribution in [0.1, 0.15) is 23.0 Å². The second-order valence-electron chi connectivity index (χ2n) is 3.91. The van der Waals surface area contributed by atoms with E-state index in [1.54, 1.807) is 23.6 Å². The van der Waals surface area contributed by atoms with Gasteiger partial charge < -0.3 is 10.1 Å². The van der Waals surface area contributed by atoms with E-state index in [1.165, 1.54) is 18.3 Å². The molecule has 1 heterocycles. The molecular formula is C13H11BrN2O3S. The molecule has 0 aliphatic carbocycles. The number of halogens is 1. The van der Waals surface area contributed by atoms with Gasteiger partial charge in [0.25, 0.3) is 0 Å². The molecule has 0 unspecified atom stereocenters. The monoisotopic (exact) mass is 354 g/mol. The summed E-state index contributed by atoms with van der Waals surface area (Å²) in [6.07, 6.45) is 0. The van der Waals surface area contributed by atoms with Crippen molar-refractivity contribution in [2.45, 2.75) is 13.5 Å². The summed E-state index contributed by atoms with van der Waals surface area (Å²) in [7, 11) is 0. The highest BCUT2D eigenvalue weighted by Gasteiger charge is 2.09. The van der Waals surface area contributed by atoms with Crippen molar-refractivity contribution in [3.8, 4) is 0 Å². The van der Waals surface area contributed by atoms with Gasteiger partial charge in [0.15, 0.2) is 5.13 Å². The minimum absolute atomic E-state index is 0.0709. The number of rotatable bonds is 4. The van der Waals surface area contributed by atoms with Crippen molar-refractivity contribution < 1.29 is 14.3 Å². The van der Waals surface area contributed by atoms with E-state index in [9.17, 15) is 9.59 Å². The molecule has 0 radical (unpaired) electrons. The molecule has 0 aliphatic heterocycles. The maximum absolute atomic E-state index is 11.8. The Morgan fingerprint density at radius 3 is 2.95 bits per heavy atom. The summed E-state index contributed by atoms with van der Waals surface area (Å²) in [5.74, 6) is -0.600. The molecule has 1 amide bonds. The van der Waals surface area contributed by atoms with Crippen LogP contribution in [0.3, 0.4) is 0 Å². The summed E-state index contributed by atoms with van der Waals surface area (Å²) >= 11 is 4.58. The SMILES string of the molecule is CC(=O)Nc1nc(COC(=O)c2cccc(Br)c2)cs1. The van der Waals surface area contributed by atoms with Crippen molar-refractivity contribution in [3.63, 3.8) is 0 Å². The van der Waals surface area contributed by atoms with Crippen molar-refractivity contribution >= 4 is 44.3 Å². The van der Waals surface area contributed by atoms with Crippen molar-refractivity contribution in [2.75, 3.05) is 5.32 Å². The summed E-state index contributed by atoms with van der Waals surface area (Å²) in [5, 5.41) is 4.80. The van der Waals surface area contributed by atoms with Crippen molar-refractivity contribution in [1.29, 1.82) is 0 Å². The number of hydrogen-bond donors (Lipinski definition) is 1. The third-order valence-corrected chi connectivity index (χ3v) is 3.55. The molecule has 0 atom stereocenters. The highest BCUT2D eigenvalue weighted by Crippen LogP contribution is 2.17. The van der Waals surface area contributed by atoms with Gasteiger partial charge in [-0.05, 0) is 18.2 Å². The highest BCUT2D eigenvalue weighted by atomic mass is 79.9. The zero-order valence-electron chi connectivity index (χ0n) is 10.6. The minimum Gasteiger partial charge on any atom is -0.456 e. The zero-order chi connectivity index (χ0) is 14.5. The number of esters is 1. The molecular weight excluding hydrogens is 344 g/mol. The summed E-state index contributed by atoms with van der Waals surface area (Å²) in [6.45, 7) is 1.48. The third kappa shape index (κ3) is 4.14. The van der Waals surface area contributed by atoms with Gasteiger partial charge in [-0.15, -0.1) is 11.3 Å². The van der Waals surface area contributed by atoms with Crippen LogP contribution in [-0.4, -0.2) is 16.9 Å². The normalized spacial score (nSPS) is 10.1. The summed E-state index contributed by atoms with van der Waals surface area (Å²) < 4.78 is 5.97. The lowest BCUT2D eigenvalue weighted by molar-refractivity contribution is -0.114. The van der Waals surface area contributed by atoms with E-state index in [1.807, 2.05) is 6.07 Å². The molecule has 1 aromatic heterocycles. The highest BCUT2D eigenvalue weighted by molar-refractivity contribution is 9.10. The molecule has 104 valence electrons. The summed E-state index contributed by atoms with van der Waals surface area (Å²) in [4.78, 5) is 26.8. The van der Waals surface area contributed by atoms with Crippen LogP contribution in [0, 0.1) is 0 Å². The molecule has 0 aliphatic rings. The van der Waals surface area contributed by atoms with Gasteiger partial charge in [-0.25, -0.2) is 9.78 Å². The van der Waals surface area contributed by atoms with Crippen LogP contribution < -0.4 is 5.32 Å². The van der Waals surface area contributed by atoms with E-state index >= 15 is 0 Å². The first kappa shape index (κ1) is 14.7. The van der Waals surface area contributed by atoms with Crippen molar-refractivity contribution in [2.24, 2.45) is 0 Å². The number of amides is 1. The third-order valence-electron chi connectivity index (χ3n) is 2.25. The Kier molecular flexibility index (Phi) is 4.86. The predicted molar refractivity (Wildman–Crippen MR) is 79.7 cm³/mol. The lowest BCUT2D eigenvalue weighted by atomic mass is 10.2. The number of nitrogens with zero attached hydrogens (tertiary/aromatic N) is 1.